The van der Waals surface area contributed by atoms with Crippen LogP contribution >= 0.6 is 47.2 Å². The molecule has 172 valence electrons. The molecule has 2 aromatic heterocycles. The lowest BCUT2D eigenvalue weighted by atomic mass is 10.1. The van der Waals surface area contributed by atoms with Crippen molar-refractivity contribution in [1.29, 1.82) is 0 Å². The van der Waals surface area contributed by atoms with Crippen LogP contribution in [0.3, 0.4) is 0 Å². The van der Waals surface area contributed by atoms with Crippen LogP contribution < -0.4 is 0 Å². The van der Waals surface area contributed by atoms with Crippen molar-refractivity contribution in [1.82, 2.24) is 9.47 Å². The van der Waals surface area contributed by atoms with Crippen LogP contribution in [-0.2, 0) is 24.3 Å². The fraction of sp³-hybridized carbons (Fsp3) is 0.154. The Kier molecular flexibility index (Phi) is 6.58. The third-order valence-electron chi connectivity index (χ3n) is 5.80. The Balaban J connectivity index is 1.54. The van der Waals surface area contributed by atoms with Crippen LogP contribution in [0.1, 0.15) is 29.4 Å². The summed E-state index contributed by atoms with van der Waals surface area (Å²) in [6.45, 7) is 3.06. The van der Waals surface area contributed by atoms with Gasteiger partial charge in [0.1, 0.15) is 10.1 Å². The minimum atomic E-state index is -0.111. The third-order valence-corrected chi connectivity index (χ3v) is 7.77. The van der Waals surface area contributed by atoms with Gasteiger partial charge in [0.25, 0.3) is 5.91 Å². The molecule has 1 aliphatic heterocycles. The number of aromatic nitrogens is 1. The molecule has 0 atom stereocenters. The second-order valence-corrected chi connectivity index (χ2v) is 10.5. The molecule has 1 saturated heterocycles. The van der Waals surface area contributed by atoms with Crippen LogP contribution in [0, 0.1) is 0 Å². The highest BCUT2D eigenvalue weighted by molar-refractivity contribution is 8.26. The number of hydrogen-bond donors (Lipinski definition) is 0. The minimum absolute atomic E-state index is 0.111. The van der Waals surface area contributed by atoms with E-state index in [2.05, 4.69) is 35.9 Å². The largest absolute Gasteiger partial charge is 0.467 e. The molecule has 4 aromatic rings. The molecule has 2 aromatic carbocycles. The minimum Gasteiger partial charge on any atom is -0.467 e. The summed E-state index contributed by atoms with van der Waals surface area (Å²) in [5, 5.41) is 2.32. The summed E-state index contributed by atoms with van der Waals surface area (Å²) < 4.78 is 8.12. The Morgan fingerprint density at radius 1 is 1.09 bits per heavy atom. The summed E-state index contributed by atoms with van der Waals surface area (Å²) in [6.07, 6.45) is 6.49. The summed E-state index contributed by atoms with van der Waals surface area (Å²) in [5.74, 6) is 0.585. The van der Waals surface area contributed by atoms with Crippen LogP contribution in [-0.4, -0.2) is 19.7 Å². The molecule has 34 heavy (non-hydrogen) atoms. The van der Waals surface area contributed by atoms with E-state index in [0.29, 0.717) is 38.1 Å². The normalized spacial score (nSPS) is 15.3. The first-order chi connectivity index (χ1) is 16.4. The van der Waals surface area contributed by atoms with E-state index in [1.165, 1.54) is 17.3 Å². The number of thioether (sulfide) groups is 1. The first-order valence-electron chi connectivity index (χ1n) is 10.8. The van der Waals surface area contributed by atoms with Crippen LogP contribution in [0.4, 0.5) is 0 Å². The van der Waals surface area contributed by atoms with Crippen LogP contribution in [0.15, 0.2) is 70.3 Å². The molecule has 8 heteroatoms. The number of halogens is 2. The molecule has 0 radical (unpaired) electrons. The highest BCUT2D eigenvalue weighted by atomic mass is 35.5. The first-order valence-corrected chi connectivity index (χ1v) is 12.7. The van der Waals surface area contributed by atoms with Crippen LogP contribution in [0.25, 0.3) is 17.0 Å². The van der Waals surface area contributed by atoms with Gasteiger partial charge in [0, 0.05) is 33.7 Å². The Morgan fingerprint density at radius 3 is 2.68 bits per heavy atom. The van der Waals surface area contributed by atoms with E-state index in [-0.39, 0.29) is 5.91 Å². The molecule has 0 spiro atoms. The van der Waals surface area contributed by atoms with Crippen molar-refractivity contribution in [2.75, 3.05) is 0 Å². The van der Waals surface area contributed by atoms with Crippen molar-refractivity contribution in [3.8, 4) is 0 Å². The van der Waals surface area contributed by atoms with Gasteiger partial charge in [-0.05, 0) is 47.9 Å². The second kappa shape index (κ2) is 9.62. The number of thiocarbonyl (C=S) groups is 1. The summed E-state index contributed by atoms with van der Waals surface area (Å²) in [7, 11) is 0. The molecule has 0 saturated carbocycles. The van der Waals surface area contributed by atoms with E-state index in [4.69, 9.17) is 39.8 Å². The molecule has 4 nitrogen and oxygen atoms in total. The highest BCUT2D eigenvalue weighted by Gasteiger charge is 2.33. The first kappa shape index (κ1) is 23.2. The van der Waals surface area contributed by atoms with Gasteiger partial charge in [-0.25, -0.2) is 0 Å². The van der Waals surface area contributed by atoms with Gasteiger partial charge in [0.2, 0.25) is 0 Å². The summed E-state index contributed by atoms with van der Waals surface area (Å²) in [4.78, 5) is 15.3. The third kappa shape index (κ3) is 4.43. The molecular weight excluding hydrogens is 507 g/mol. The quantitative estimate of drug-likeness (QED) is 0.192. The Hall–Kier alpha value is -2.51. The number of rotatable bonds is 6. The van der Waals surface area contributed by atoms with Crippen LogP contribution in [0.2, 0.25) is 10.0 Å². The van der Waals surface area contributed by atoms with Gasteiger partial charge in [0.05, 0.1) is 23.2 Å². The predicted molar refractivity (Wildman–Crippen MR) is 144 cm³/mol. The molecule has 1 amide bonds. The van der Waals surface area contributed by atoms with E-state index >= 15 is 0 Å². The fourth-order valence-corrected chi connectivity index (χ4v) is 5.87. The molecule has 0 N–H and O–H groups in total. The van der Waals surface area contributed by atoms with E-state index in [1.54, 1.807) is 23.3 Å². The van der Waals surface area contributed by atoms with Gasteiger partial charge in [0.15, 0.2) is 0 Å². The number of para-hydroxylation sites is 1. The summed E-state index contributed by atoms with van der Waals surface area (Å²) >= 11 is 19.4. The van der Waals surface area contributed by atoms with E-state index in [1.807, 2.05) is 24.3 Å². The monoisotopic (exact) mass is 526 g/mol. The molecular formula is C26H20Cl2N2O2S2. The number of carbonyl (C=O) groups excluding carboxylic acids is 1. The van der Waals surface area contributed by atoms with Crippen molar-refractivity contribution in [3.05, 3.63) is 98.4 Å². The number of nitrogens with zero attached hydrogens (tertiary/aromatic N) is 2. The second-order valence-electron chi connectivity index (χ2n) is 7.96. The lowest BCUT2D eigenvalue weighted by molar-refractivity contribution is -0.122. The lowest BCUT2D eigenvalue weighted by Gasteiger charge is -2.11. The molecule has 1 fully saturated rings. The summed E-state index contributed by atoms with van der Waals surface area (Å²) in [6, 6.07) is 15.5. The zero-order valence-corrected chi connectivity index (χ0v) is 21.4. The zero-order chi connectivity index (χ0) is 23.8. The van der Waals surface area contributed by atoms with Crippen molar-refractivity contribution in [2.45, 2.75) is 26.4 Å². The van der Waals surface area contributed by atoms with E-state index in [9.17, 15) is 4.79 Å². The lowest BCUT2D eigenvalue weighted by Crippen LogP contribution is -2.27. The smallest absolute Gasteiger partial charge is 0.266 e. The molecule has 0 unspecified atom stereocenters. The number of carbonyl (C=O) groups is 1. The zero-order valence-electron chi connectivity index (χ0n) is 18.3. The van der Waals surface area contributed by atoms with Crippen molar-refractivity contribution in [2.24, 2.45) is 0 Å². The maximum atomic E-state index is 13.2. The predicted octanol–water partition coefficient (Wildman–Crippen LogP) is 7.55. The van der Waals surface area contributed by atoms with Gasteiger partial charge in [-0.15, -0.1) is 0 Å². The number of amides is 1. The standard InChI is InChI=1S/C26H20Cl2N2O2S2/c1-2-16-5-3-7-21-18(14-29(24(16)21)13-17-8-9-19(27)12-22(17)28)11-23-25(31)30(26(33)34-23)15-20-6-4-10-32-20/h3-12,14H,2,13,15H2,1H3/b23-11-. The van der Waals surface area contributed by atoms with Gasteiger partial charge in [-0.2, -0.15) is 0 Å². The number of hydrogen-bond acceptors (Lipinski definition) is 4. The number of furan rings is 1. The Morgan fingerprint density at radius 2 is 1.94 bits per heavy atom. The van der Waals surface area contributed by atoms with Crippen LogP contribution in [0.5, 0.6) is 0 Å². The van der Waals surface area contributed by atoms with Gasteiger partial charge < -0.3 is 8.98 Å². The number of aryl methyl sites for hydroxylation is 1. The highest BCUT2D eigenvalue weighted by Crippen LogP contribution is 2.36. The van der Waals surface area contributed by atoms with E-state index < -0.39 is 0 Å². The molecule has 5 rings (SSSR count). The van der Waals surface area contributed by atoms with Crippen molar-refractivity contribution < 1.29 is 9.21 Å². The maximum Gasteiger partial charge on any atom is 0.266 e. The number of benzene rings is 2. The molecule has 3 heterocycles. The molecule has 0 aliphatic carbocycles. The van der Waals surface area contributed by atoms with Crippen molar-refractivity contribution >= 4 is 74.4 Å². The summed E-state index contributed by atoms with van der Waals surface area (Å²) in [5.41, 5.74) is 4.31. The number of fused-ring (bicyclic) bond motifs is 1. The fourth-order valence-electron chi connectivity index (χ4n) is 4.16. The van der Waals surface area contributed by atoms with Gasteiger partial charge in [-0.1, -0.05) is 78.4 Å². The molecule has 0 bridgehead atoms. The van der Waals surface area contributed by atoms with Gasteiger partial charge in [-0.3, -0.25) is 9.69 Å². The average molecular weight is 527 g/mol. The van der Waals surface area contributed by atoms with Crippen molar-refractivity contribution in [3.63, 3.8) is 0 Å². The Labute approximate surface area is 217 Å². The topological polar surface area (TPSA) is 38.4 Å². The maximum absolute atomic E-state index is 13.2. The Bertz CT molecular complexity index is 1440. The van der Waals surface area contributed by atoms with Gasteiger partial charge >= 0.3 is 0 Å². The average Bonchev–Trinajstić information content (AvgIpc) is 3.52. The van der Waals surface area contributed by atoms with E-state index in [0.717, 1.165) is 28.5 Å². The SMILES string of the molecule is CCc1cccc2c(/C=C3\SC(=S)N(Cc4ccco4)C3=O)cn(Cc3ccc(Cl)cc3Cl)c12. The molecule has 1 aliphatic rings.